The minimum Gasteiger partial charge on any atom is -0.368 e. The maximum Gasteiger partial charge on any atom is 0.238 e. The quantitative estimate of drug-likeness (QED) is 0.725. The van der Waals surface area contributed by atoms with Crippen LogP contribution in [0.4, 0.5) is 15.8 Å². The van der Waals surface area contributed by atoms with Crippen LogP contribution < -0.4 is 10.2 Å². The summed E-state index contributed by atoms with van der Waals surface area (Å²) in [6.45, 7) is 3.10. The zero-order valence-electron chi connectivity index (χ0n) is 18.4. The number of aromatic nitrogens is 2. The SMILES string of the molecule is Cc1nn(C2CCCCC2)c2c1CC(C(=O)Nc1ccc(N3CCC(=O)CC3)c(F)c1)S2. The second-order valence-corrected chi connectivity index (χ2v) is 10.3. The first-order valence-electron chi connectivity index (χ1n) is 11.6. The molecule has 2 aliphatic heterocycles. The fraction of sp³-hybridized carbons (Fsp3) is 0.542. The second-order valence-electron chi connectivity index (χ2n) is 9.10. The highest BCUT2D eigenvalue weighted by atomic mass is 32.2. The van der Waals surface area contributed by atoms with Gasteiger partial charge in [-0.05, 0) is 44.4 Å². The summed E-state index contributed by atoms with van der Waals surface area (Å²) < 4.78 is 16.9. The third-order valence-electron chi connectivity index (χ3n) is 6.89. The zero-order valence-corrected chi connectivity index (χ0v) is 19.2. The molecule has 2 fully saturated rings. The zero-order chi connectivity index (χ0) is 22.2. The van der Waals surface area contributed by atoms with E-state index < -0.39 is 0 Å². The lowest BCUT2D eigenvalue weighted by Gasteiger charge is -2.28. The monoisotopic (exact) mass is 456 g/mol. The number of amides is 1. The minimum atomic E-state index is -0.372. The standard InChI is InChI=1S/C24H29FN4O2S/c1-15-19-14-22(32-24(19)29(27-15)17-5-3-2-4-6-17)23(31)26-16-7-8-21(20(25)13-16)28-11-9-18(30)10-12-28/h7-8,13,17,22H,2-6,9-12,14H2,1H3,(H,26,31). The predicted molar refractivity (Wildman–Crippen MR) is 124 cm³/mol. The van der Waals surface area contributed by atoms with Gasteiger partial charge < -0.3 is 10.2 Å². The number of carbonyl (C=O) groups excluding carboxylic acids is 2. The Hall–Kier alpha value is -2.35. The number of hydrogen-bond donors (Lipinski definition) is 1. The van der Waals surface area contributed by atoms with Crippen molar-refractivity contribution >= 4 is 34.8 Å². The summed E-state index contributed by atoms with van der Waals surface area (Å²) in [5.74, 6) is -0.248. The van der Waals surface area contributed by atoms with E-state index in [4.69, 9.17) is 5.10 Å². The number of halogens is 1. The Morgan fingerprint density at radius 3 is 2.66 bits per heavy atom. The number of rotatable bonds is 4. The molecule has 6 nitrogen and oxygen atoms in total. The van der Waals surface area contributed by atoms with Crippen molar-refractivity contribution in [2.75, 3.05) is 23.3 Å². The van der Waals surface area contributed by atoms with Gasteiger partial charge in [-0.1, -0.05) is 31.0 Å². The van der Waals surface area contributed by atoms with Crippen molar-refractivity contribution in [3.8, 4) is 0 Å². The van der Waals surface area contributed by atoms with E-state index in [9.17, 15) is 14.0 Å². The van der Waals surface area contributed by atoms with E-state index in [1.54, 1.807) is 23.9 Å². The number of nitrogens with zero attached hydrogens (tertiary/aromatic N) is 3. The van der Waals surface area contributed by atoms with Gasteiger partial charge in [0.25, 0.3) is 0 Å². The van der Waals surface area contributed by atoms with Gasteiger partial charge in [-0.2, -0.15) is 5.10 Å². The molecular weight excluding hydrogens is 427 g/mol. The molecule has 2 aromatic rings. The summed E-state index contributed by atoms with van der Waals surface area (Å²) >= 11 is 1.59. The second kappa shape index (κ2) is 8.89. The largest absolute Gasteiger partial charge is 0.368 e. The van der Waals surface area contributed by atoms with Crippen LogP contribution in [0.2, 0.25) is 0 Å². The highest BCUT2D eigenvalue weighted by Gasteiger charge is 2.35. The molecule has 1 N–H and O–H groups in total. The van der Waals surface area contributed by atoms with Crippen LogP contribution in [0.1, 0.15) is 62.2 Å². The van der Waals surface area contributed by atoms with E-state index in [-0.39, 0.29) is 22.8 Å². The Balaban J connectivity index is 1.25. The number of benzene rings is 1. The molecule has 32 heavy (non-hydrogen) atoms. The summed E-state index contributed by atoms with van der Waals surface area (Å²) in [5, 5.41) is 8.60. The summed E-state index contributed by atoms with van der Waals surface area (Å²) in [5.41, 5.74) is 3.15. The number of anilines is 2. The minimum absolute atomic E-state index is 0.100. The molecule has 1 saturated heterocycles. The van der Waals surface area contributed by atoms with Gasteiger partial charge >= 0.3 is 0 Å². The highest BCUT2D eigenvalue weighted by molar-refractivity contribution is 8.00. The van der Waals surface area contributed by atoms with Crippen LogP contribution in [0, 0.1) is 12.7 Å². The Labute approximate surface area is 191 Å². The molecule has 170 valence electrons. The van der Waals surface area contributed by atoms with Crippen molar-refractivity contribution in [3.05, 3.63) is 35.3 Å². The van der Waals surface area contributed by atoms with Crippen molar-refractivity contribution in [1.29, 1.82) is 0 Å². The molecular formula is C24H29FN4O2S. The average molecular weight is 457 g/mol. The summed E-state index contributed by atoms with van der Waals surface area (Å²) in [6, 6.07) is 5.26. The maximum atomic E-state index is 14.7. The molecule has 1 aliphatic carbocycles. The number of Topliss-reactive ketones (excluding diaryl/α,β-unsaturated/α-hetero) is 1. The highest BCUT2D eigenvalue weighted by Crippen LogP contribution is 2.42. The van der Waals surface area contributed by atoms with Gasteiger partial charge in [0.15, 0.2) is 0 Å². The predicted octanol–water partition coefficient (Wildman–Crippen LogP) is 4.66. The number of aryl methyl sites for hydroxylation is 1. The summed E-state index contributed by atoms with van der Waals surface area (Å²) in [4.78, 5) is 26.3. The molecule has 1 aromatic heterocycles. The third kappa shape index (κ3) is 4.17. The van der Waals surface area contributed by atoms with Gasteiger partial charge in [0.05, 0.1) is 27.7 Å². The van der Waals surface area contributed by atoms with Crippen LogP contribution >= 0.6 is 11.8 Å². The number of nitrogens with one attached hydrogen (secondary N) is 1. The first kappa shape index (κ1) is 21.5. The molecule has 0 spiro atoms. The number of thioether (sulfide) groups is 1. The molecule has 1 unspecified atom stereocenters. The molecule has 3 aliphatic rings. The lowest BCUT2D eigenvalue weighted by Crippen LogP contribution is -2.34. The molecule has 1 amide bonds. The van der Waals surface area contributed by atoms with Crippen molar-refractivity contribution < 1.29 is 14.0 Å². The number of hydrogen-bond acceptors (Lipinski definition) is 5. The lowest BCUT2D eigenvalue weighted by molar-refractivity contribution is -0.119. The first-order chi connectivity index (χ1) is 15.5. The Morgan fingerprint density at radius 1 is 1.19 bits per heavy atom. The number of carbonyl (C=O) groups is 2. The van der Waals surface area contributed by atoms with Gasteiger partial charge in [0.1, 0.15) is 11.6 Å². The van der Waals surface area contributed by atoms with Crippen LogP contribution in [0.5, 0.6) is 0 Å². The molecule has 1 aromatic carbocycles. The van der Waals surface area contributed by atoms with E-state index in [2.05, 4.69) is 10.00 Å². The van der Waals surface area contributed by atoms with E-state index in [1.807, 2.05) is 11.8 Å². The fourth-order valence-electron chi connectivity index (χ4n) is 5.06. The van der Waals surface area contributed by atoms with Crippen LogP contribution in [-0.4, -0.2) is 39.8 Å². The van der Waals surface area contributed by atoms with Gasteiger partial charge in [-0.25, -0.2) is 4.39 Å². The van der Waals surface area contributed by atoms with Crippen molar-refractivity contribution in [2.24, 2.45) is 0 Å². The van der Waals surface area contributed by atoms with E-state index in [0.717, 1.165) is 23.6 Å². The van der Waals surface area contributed by atoms with Crippen LogP contribution in [-0.2, 0) is 16.0 Å². The van der Waals surface area contributed by atoms with Gasteiger partial charge in [0, 0.05) is 37.2 Å². The molecule has 1 saturated carbocycles. The molecule has 1 atom stereocenters. The van der Waals surface area contributed by atoms with Crippen molar-refractivity contribution in [1.82, 2.24) is 9.78 Å². The van der Waals surface area contributed by atoms with Gasteiger partial charge in [-0.3, -0.25) is 14.3 Å². The summed E-state index contributed by atoms with van der Waals surface area (Å²) in [7, 11) is 0. The third-order valence-corrected chi connectivity index (χ3v) is 8.22. The topological polar surface area (TPSA) is 67.2 Å². The molecule has 8 heteroatoms. The summed E-state index contributed by atoms with van der Waals surface area (Å²) in [6.07, 6.45) is 7.65. The van der Waals surface area contributed by atoms with Crippen LogP contribution in [0.15, 0.2) is 23.2 Å². The van der Waals surface area contributed by atoms with Crippen molar-refractivity contribution in [2.45, 2.75) is 74.6 Å². The van der Waals surface area contributed by atoms with Crippen molar-refractivity contribution in [3.63, 3.8) is 0 Å². The fourth-order valence-corrected chi connectivity index (χ4v) is 6.42. The Bertz CT molecular complexity index is 1040. The van der Waals surface area contributed by atoms with E-state index >= 15 is 0 Å². The molecule has 0 bridgehead atoms. The molecule has 3 heterocycles. The normalized spacial score (nSPS) is 21.6. The Morgan fingerprint density at radius 2 is 1.94 bits per heavy atom. The van der Waals surface area contributed by atoms with Gasteiger partial charge in [0.2, 0.25) is 5.91 Å². The van der Waals surface area contributed by atoms with Crippen LogP contribution in [0.3, 0.4) is 0 Å². The van der Waals surface area contributed by atoms with E-state index in [1.165, 1.54) is 30.9 Å². The maximum absolute atomic E-state index is 14.7. The molecule has 5 rings (SSSR count). The van der Waals surface area contributed by atoms with E-state index in [0.29, 0.717) is 49.8 Å². The van der Waals surface area contributed by atoms with Crippen LogP contribution in [0.25, 0.3) is 0 Å². The Kier molecular flexibility index (Phi) is 5.97. The number of ketones is 1. The molecule has 0 radical (unpaired) electrons. The smallest absolute Gasteiger partial charge is 0.238 e. The average Bonchev–Trinajstić information content (AvgIpc) is 3.36. The number of piperidine rings is 1. The first-order valence-corrected chi connectivity index (χ1v) is 12.5. The van der Waals surface area contributed by atoms with Gasteiger partial charge in [-0.15, -0.1) is 0 Å². The number of fused-ring (bicyclic) bond motifs is 1. The lowest BCUT2D eigenvalue weighted by atomic mass is 9.96.